The zero-order valence-corrected chi connectivity index (χ0v) is 14.3. The summed E-state index contributed by atoms with van der Waals surface area (Å²) < 4.78 is 29.5. The van der Waals surface area contributed by atoms with Crippen LogP contribution in [0.25, 0.3) is 0 Å². The molecule has 0 spiro atoms. The third-order valence-corrected chi connectivity index (χ3v) is 6.45. The Hall–Kier alpha value is -1.21. The van der Waals surface area contributed by atoms with Crippen LogP contribution in [0.2, 0.25) is 0 Å². The third-order valence-electron chi connectivity index (χ3n) is 3.93. The average Bonchev–Trinajstić information content (AvgIpc) is 3.08. The Morgan fingerprint density at radius 1 is 1.27 bits per heavy atom. The van der Waals surface area contributed by atoms with Crippen LogP contribution in [0, 0.1) is 6.92 Å². The topological polar surface area (TPSA) is 73.1 Å². The summed E-state index contributed by atoms with van der Waals surface area (Å²) in [7, 11) is -3.28. The van der Waals surface area contributed by atoms with Crippen LogP contribution in [0.1, 0.15) is 60.2 Å². The summed E-state index contributed by atoms with van der Waals surface area (Å²) in [6, 6.07) is 1.66. The molecule has 0 amide bonds. The molecule has 0 saturated heterocycles. The van der Waals surface area contributed by atoms with E-state index in [0.717, 1.165) is 5.01 Å². The van der Waals surface area contributed by atoms with Crippen LogP contribution in [-0.4, -0.2) is 18.6 Å². The molecule has 0 bridgehead atoms. The van der Waals surface area contributed by atoms with E-state index in [-0.39, 0.29) is 11.5 Å². The van der Waals surface area contributed by atoms with Crippen LogP contribution in [0.4, 0.5) is 0 Å². The fraction of sp³-hybridized carbons (Fsp3) is 0.600. The van der Waals surface area contributed by atoms with E-state index in [1.807, 2.05) is 5.38 Å². The first-order valence-corrected chi connectivity index (χ1v) is 10.3. The number of hydrogen-bond acceptors (Lipinski definition) is 6. The lowest BCUT2D eigenvalue weighted by atomic mass is 9.90. The molecule has 0 atom stereocenters. The van der Waals surface area contributed by atoms with Crippen molar-refractivity contribution in [2.24, 2.45) is 0 Å². The SMILES string of the molecule is Cc1cc(CS(=O)(=O)Cc2csc(C3CCCCC3)n2)on1. The highest BCUT2D eigenvalue weighted by atomic mass is 32.2. The summed E-state index contributed by atoms with van der Waals surface area (Å²) in [4.78, 5) is 4.56. The van der Waals surface area contributed by atoms with Crippen molar-refractivity contribution in [3.05, 3.63) is 33.6 Å². The molecule has 1 saturated carbocycles. The molecule has 2 heterocycles. The predicted octanol–water partition coefficient (Wildman–Crippen LogP) is 3.60. The Bertz CT molecular complexity index is 728. The quantitative estimate of drug-likeness (QED) is 0.831. The smallest absolute Gasteiger partial charge is 0.163 e. The molecule has 0 N–H and O–H groups in total. The molecule has 22 heavy (non-hydrogen) atoms. The lowest BCUT2D eigenvalue weighted by Gasteiger charge is -2.18. The van der Waals surface area contributed by atoms with Crippen LogP contribution in [0.5, 0.6) is 0 Å². The first-order valence-electron chi connectivity index (χ1n) is 7.59. The van der Waals surface area contributed by atoms with E-state index in [1.54, 1.807) is 24.3 Å². The Morgan fingerprint density at radius 3 is 2.73 bits per heavy atom. The van der Waals surface area contributed by atoms with Crippen molar-refractivity contribution < 1.29 is 12.9 Å². The van der Waals surface area contributed by atoms with E-state index in [4.69, 9.17) is 4.52 Å². The van der Waals surface area contributed by atoms with Gasteiger partial charge in [0.05, 0.1) is 22.1 Å². The van der Waals surface area contributed by atoms with Gasteiger partial charge in [-0.15, -0.1) is 11.3 Å². The summed E-state index contributed by atoms with van der Waals surface area (Å²) >= 11 is 1.60. The number of hydrogen-bond donors (Lipinski definition) is 0. The molecule has 2 aromatic rings. The zero-order valence-electron chi connectivity index (χ0n) is 12.6. The molecule has 7 heteroatoms. The van der Waals surface area contributed by atoms with Crippen LogP contribution in [-0.2, 0) is 21.3 Å². The first kappa shape index (κ1) is 15.7. The van der Waals surface area contributed by atoms with Crippen molar-refractivity contribution in [2.75, 3.05) is 0 Å². The molecule has 0 unspecified atom stereocenters. The minimum Gasteiger partial charge on any atom is -0.360 e. The van der Waals surface area contributed by atoms with Gasteiger partial charge in [-0.25, -0.2) is 13.4 Å². The van der Waals surface area contributed by atoms with Gasteiger partial charge in [0, 0.05) is 17.4 Å². The van der Waals surface area contributed by atoms with Crippen molar-refractivity contribution in [1.82, 2.24) is 10.1 Å². The average molecular weight is 340 g/mol. The van der Waals surface area contributed by atoms with Gasteiger partial charge >= 0.3 is 0 Å². The highest BCUT2D eigenvalue weighted by molar-refractivity contribution is 7.89. The molecule has 0 radical (unpaired) electrons. The Kier molecular flexibility index (Phi) is 4.63. The van der Waals surface area contributed by atoms with Gasteiger partial charge in [0.2, 0.25) is 0 Å². The van der Waals surface area contributed by atoms with Gasteiger partial charge in [0.1, 0.15) is 5.75 Å². The summed E-state index contributed by atoms with van der Waals surface area (Å²) in [5.41, 5.74) is 1.35. The van der Waals surface area contributed by atoms with Crippen molar-refractivity contribution >= 4 is 21.2 Å². The third kappa shape index (κ3) is 3.95. The van der Waals surface area contributed by atoms with Gasteiger partial charge in [0.25, 0.3) is 0 Å². The van der Waals surface area contributed by atoms with Crippen molar-refractivity contribution in [1.29, 1.82) is 0 Å². The molecule has 3 rings (SSSR count). The minimum atomic E-state index is -3.28. The summed E-state index contributed by atoms with van der Waals surface area (Å²) in [5.74, 6) is 0.757. The lowest BCUT2D eigenvalue weighted by molar-refractivity contribution is 0.388. The van der Waals surface area contributed by atoms with Crippen LogP contribution in [0.3, 0.4) is 0 Å². The van der Waals surface area contributed by atoms with Gasteiger partial charge in [-0.1, -0.05) is 24.4 Å². The van der Waals surface area contributed by atoms with Crippen LogP contribution < -0.4 is 0 Å². The molecule has 120 valence electrons. The molecule has 0 aromatic carbocycles. The summed E-state index contributed by atoms with van der Waals surface area (Å²) in [6.45, 7) is 1.77. The standard InChI is InChI=1S/C15H20N2O3S2/c1-11-7-14(20-17-11)10-22(18,19)9-13-8-21-15(16-13)12-5-3-2-4-6-12/h7-8,12H,2-6,9-10H2,1H3. The second-order valence-corrected chi connectivity index (χ2v) is 8.93. The number of nitrogens with zero attached hydrogens (tertiary/aromatic N) is 2. The van der Waals surface area contributed by atoms with Gasteiger partial charge in [-0.05, 0) is 19.8 Å². The highest BCUT2D eigenvalue weighted by Crippen LogP contribution is 2.34. The van der Waals surface area contributed by atoms with Crippen molar-refractivity contribution in [2.45, 2.75) is 56.5 Å². The second kappa shape index (κ2) is 6.50. The molecule has 1 fully saturated rings. The Balaban J connectivity index is 1.66. The van der Waals surface area contributed by atoms with E-state index < -0.39 is 9.84 Å². The Labute approximate surface area is 134 Å². The van der Waals surface area contributed by atoms with Crippen LogP contribution in [0.15, 0.2) is 16.0 Å². The van der Waals surface area contributed by atoms with E-state index in [2.05, 4.69) is 10.1 Å². The molecule has 1 aliphatic carbocycles. The molecular formula is C15H20N2O3S2. The zero-order chi connectivity index (χ0) is 15.6. The lowest BCUT2D eigenvalue weighted by Crippen LogP contribution is -2.08. The summed E-state index contributed by atoms with van der Waals surface area (Å²) in [6.07, 6.45) is 6.17. The van der Waals surface area contributed by atoms with E-state index >= 15 is 0 Å². The maximum Gasteiger partial charge on any atom is 0.163 e. The summed E-state index contributed by atoms with van der Waals surface area (Å²) in [5, 5.41) is 6.70. The predicted molar refractivity (Wildman–Crippen MR) is 85.5 cm³/mol. The van der Waals surface area contributed by atoms with Crippen molar-refractivity contribution in [3.63, 3.8) is 0 Å². The van der Waals surface area contributed by atoms with E-state index in [0.29, 0.717) is 23.1 Å². The number of aromatic nitrogens is 2. The number of thiazole rings is 1. The van der Waals surface area contributed by atoms with E-state index in [1.165, 1.54) is 32.1 Å². The maximum atomic E-state index is 12.2. The second-order valence-electron chi connectivity index (χ2n) is 5.98. The monoisotopic (exact) mass is 340 g/mol. The normalized spacial score (nSPS) is 17.0. The van der Waals surface area contributed by atoms with Crippen LogP contribution >= 0.6 is 11.3 Å². The van der Waals surface area contributed by atoms with Crippen molar-refractivity contribution in [3.8, 4) is 0 Å². The Morgan fingerprint density at radius 2 is 2.05 bits per heavy atom. The molecule has 1 aliphatic rings. The largest absolute Gasteiger partial charge is 0.360 e. The number of rotatable bonds is 5. The molecule has 2 aromatic heterocycles. The fourth-order valence-electron chi connectivity index (χ4n) is 2.90. The first-order chi connectivity index (χ1) is 10.5. The number of aryl methyl sites for hydroxylation is 1. The maximum absolute atomic E-state index is 12.2. The molecule has 0 aliphatic heterocycles. The molecule has 5 nitrogen and oxygen atoms in total. The molecular weight excluding hydrogens is 320 g/mol. The van der Waals surface area contributed by atoms with Gasteiger partial charge in [0.15, 0.2) is 15.6 Å². The van der Waals surface area contributed by atoms with Gasteiger partial charge in [-0.2, -0.15) is 0 Å². The minimum absolute atomic E-state index is 0.0318. The van der Waals surface area contributed by atoms with E-state index in [9.17, 15) is 8.42 Å². The highest BCUT2D eigenvalue weighted by Gasteiger charge is 2.21. The van der Waals surface area contributed by atoms with Gasteiger partial charge < -0.3 is 4.52 Å². The van der Waals surface area contributed by atoms with Gasteiger partial charge in [-0.3, -0.25) is 0 Å². The fourth-order valence-corrected chi connectivity index (χ4v) is 5.27. The number of sulfone groups is 1.